The Kier molecular flexibility index (Phi) is 10.9. The number of methoxy groups -OCH3 is 1. The maximum Gasteiger partial charge on any atom is 0.191 e. The minimum absolute atomic E-state index is 0. The Hall–Kier alpha value is -1.02. The van der Waals surface area contributed by atoms with Gasteiger partial charge < -0.3 is 20.3 Å². The van der Waals surface area contributed by atoms with Gasteiger partial charge in [0.05, 0.1) is 13.7 Å². The van der Waals surface area contributed by atoms with E-state index in [0.29, 0.717) is 6.54 Å². The molecule has 0 bridgehead atoms. The Labute approximate surface area is 169 Å². The summed E-state index contributed by atoms with van der Waals surface area (Å²) in [6.07, 6.45) is 5.47. The van der Waals surface area contributed by atoms with E-state index in [-0.39, 0.29) is 24.0 Å². The van der Waals surface area contributed by atoms with E-state index < -0.39 is 0 Å². The smallest absolute Gasteiger partial charge is 0.191 e. The van der Waals surface area contributed by atoms with Crippen molar-refractivity contribution in [1.82, 2.24) is 15.5 Å². The number of likely N-dealkylation sites (N-methyl/N-ethyl adjacent to an activating group) is 1. The summed E-state index contributed by atoms with van der Waals surface area (Å²) < 4.78 is 5.19. The first-order chi connectivity index (χ1) is 11.7. The number of rotatable bonds is 8. The first kappa shape index (κ1) is 22.0. The monoisotopic (exact) mass is 460 g/mol. The average molecular weight is 460 g/mol. The largest absolute Gasteiger partial charge is 0.497 e. The molecule has 0 aliphatic heterocycles. The number of hydrogen-bond donors (Lipinski definition) is 2. The van der Waals surface area contributed by atoms with Gasteiger partial charge in [-0.3, -0.25) is 0 Å². The second-order valence-electron chi connectivity index (χ2n) is 6.39. The zero-order chi connectivity index (χ0) is 17.2. The van der Waals surface area contributed by atoms with Crippen LogP contribution in [0.25, 0.3) is 0 Å². The van der Waals surface area contributed by atoms with Gasteiger partial charge in [-0.2, -0.15) is 0 Å². The molecule has 0 spiro atoms. The fraction of sp³-hybridized carbons (Fsp3) is 0.632. The highest BCUT2D eigenvalue weighted by Crippen LogP contribution is 2.21. The number of benzene rings is 1. The van der Waals surface area contributed by atoms with Crippen molar-refractivity contribution in [3.05, 3.63) is 29.8 Å². The Balaban J connectivity index is 0.00000312. The SMILES string of the molecule is CCNC(=NCc1ccc(OC)cc1)NCCN(C)C1CCCC1.I. The molecular formula is C19H33IN4O. The predicted molar refractivity (Wildman–Crippen MR) is 116 cm³/mol. The van der Waals surface area contributed by atoms with Crippen LogP contribution >= 0.6 is 24.0 Å². The van der Waals surface area contributed by atoms with Crippen LogP contribution in [0.1, 0.15) is 38.2 Å². The van der Waals surface area contributed by atoms with Gasteiger partial charge >= 0.3 is 0 Å². The highest BCUT2D eigenvalue weighted by atomic mass is 127. The van der Waals surface area contributed by atoms with Crippen LogP contribution in [0.2, 0.25) is 0 Å². The molecule has 0 radical (unpaired) electrons. The third-order valence-electron chi connectivity index (χ3n) is 4.63. The molecule has 1 fully saturated rings. The van der Waals surface area contributed by atoms with E-state index in [9.17, 15) is 0 Å². The molecule has 2 N–H and O–H groups in total. The third kappa shape index (κ3) is 7.81. The molecule has 1 aromatic rings. The van der Waals surface area contributed by atoms with Crippen LogP contribution in [0.5, 0.6) is 5.75 Å². The van der Waals surface area contributed by atoms with Crippen molar-refractivity contribution in [3.63, 3.8) is 0 Å². The van der Waals surface area contributed by atoms with Gasteiger partial charge in [-0.1, -0.05) is 25.0 Å². The predicted octanol–water partition coefficient (Wildman–Crippen LogP) is 3.24. The molecule has 0 amide bonds. The lowest BCUT2D eigenvalue weighted by Gasteiger charge is -2.24. The molecule has 0 atom stereocenters. The Morgan fingerprint density at radius 2 is 1.88 bits per heavy atom. The molecule has 0 saturated heterocycles. The van der Waals surface area contributed by atoms with Crippen LogP contribution in [-0.4, -0.2) is 50.7 Å². The molecule has 25 heavy (non-hydrogen) atoms. The Morgan fingerprint density at radius 3 is 2.48 bits per heavy atom. The summed E-state index contributed by atoms with van der Waals surface area (Å²) in [6, 6.07) is 8.83. The van der Waals surface area contributed by atoms with Crippen molar-refractivity contribution in [3.8, 4) is 5.75 Å². The summed E-state index contributed by atoms with van der Waals surface area (Å²) in [5.74, 6) is 1.76. The van der Waals surface area contributed by atoms with Gasteiger partial charge in [-0.05, 0) is 44.5 Å². The van der Waals surface area contributed by atoms with Crippen molar-refractivity contribution in [2.75, 3.05) is 33.8 Å². The zero-order valence-corrected chi connectivity index (χ0v) is 18.1. The maximum absolute atomic E-state index is 5.19. The van der Waals surface area contributed by atoms with Gasteiger partial charge in [-0.15, -0.1) is 24.0 Å². The molecule has 1 saturated carbocycles. The van der Waals surface area contributed by atoms with Gasteiger partial charge in [-0.25, -0.2) is 4.99 Å². The van der Waals surface area contributed by atoms with E-state index in [1.54, 1.807) is 7.11 Å². The van der Waals surface area contributed by atoms with E-state index in [2.05, 4.69) is 46.6 Å². The topological polar surface area (TPSA) is 48.9 Å². The summed E-state index contributed by atoms with van der Waals surface area (Å²) in [5.41, 5.74) is 1.18. The van der Waals surface area contributed by atoms with E-state index in [1.165, 1.54) is 31.2 Å². The lowest BCUT2D eigenvalue weighted by molar-refractivity contribution is 0.249. The number of guanidine groups is 1. The number of aliphatic imine (C=N–C) groups is 1. The fourth-order valence-corrected chi connectivity index (χ4v) is 3.12. The highest BCUT2D eigenvalue weighted by Gasteiger charge is 2.18. The first-order valence-electron chi connectivity index (χ1n) is 9.08. The van der Waals surface area contributed by atoms with Crippen LogP contribution in [0.15, 0.2) is 29.3 Å². The fourth-order valence-electron chi connectivity index (χ4n) is 3.12. The molecular weight excluding hydrogens is 427 g/mol. The maximum atomic E-state index is 5.19. The molecule has 2 rings (SSSR count). The van der Waals surface area contributed by atoms with E-state index in [1.807, 2.05) is 12.1 Å². The van der Waals surface area contributed by atoms with Crippen LogP contribution in [0.4, 0.5) is 0 Å². The van der Waals surface area contributed by atoms with Crippen LogP contribution in [-0.2, 0) is 6.54 Å². The van der Waals surface area contributed by atoms with Crippen molar-refractivity contribution in [2.45, 2.75) is 45.2 Å². The summed E-state index contributed by atoms with van der Waals surface area (Å²) >= 11 is 0. The van der Waals surface area contributed by atoms with Crippen LogP contribution < -0.4 is 15.4 Å². The average Bonchev–Trinajstić information content (AvgIpc) is 3.14. The molecule has 1 aliphatic carbocycles. The number of hydrogen-bond acceptors (Lipinski definition) is 3. The highest BCUT2D eigenvalue weighted by molar-refractivity contribution is 14.0. The van der Waals surface area contributed by atoms with Gasteiger partial charge in [0, 0.05) is 25.7 Å². The quantitative estimate of drug-likeness (QED) is 0.355. The van der Waals surface area contributed by atoms with Crippen molar-refractivity contribution in [2.24, 2.45) is 4.99 Å². The number of ether oxygens (including phenoxy) is 1. The van der Waals surface area contributed by atoms with Gasteiger partial charge in [0.15, 0.2) is 5.96 Å². The summed E-state index contributed by atoms with van der Waals surface area (Å²) in [4.78, 5) is 7.15. The summed E-state index contributed by atoms with van der Waals surface area (Å²) in [6.45, 7) is 5.60. The molecule has 1 aromatic carbocycles. The van der Waals surface area contributed by atoms with Gasteiger partial charge in [0.1, 0.15) is 5.75 Å². The number of nitrogens with zero attached hydrogens (tertiary/aromatic N) is 2. The lowest BCUT2D eigenvalue weighted by Crippen LogP contribution is -2.42. The number of nitrogens with one attached hydrogen (secondary N) is 2. The minimum atomic E-state index is 0. The third-order valence-corrected chi connectivity index (χ3v) is 4.63. The lowest BCUT2D eigenvalue weighted by atomic mass is 10.2. The standard InChI is InChI=1S/C19H32N4O.HI/c1-4-20-19(21-13-14-23(2)17-7-5-6-8-17)22-15-16-9-11-18(24-3)12-10-16;/h9-12,17H,4-8,13-15H2,1-3H3,(H2,20,21,22);1H. The van der Waals surface area contributed by atoms with Crippen molar-refractivity contribution in [1.29, 1.82) is 0 Å². The van der Waals surface area contributed by atoms with Crippen molar-refractivity contribution >= 4 is 29.9 Å². The van der Waals surface area contributed by atoms with Gasteiger partial charge in [0.25, 0.3) is 0 Å². The van der Waals surface area contributed by atoms with Crippen LogP contribution in [0, 0.1) is 0 Å². The molecule has 1 aliphatic rings. The molecule has 6 heteroatoms. The second kappa shape index (κ2) is 12.4. The summed E-state index contributed by atoms with van der Waals surface area (Å²) in [5, 5.41) is 6.75. The first-order valence-corrected chi connectivity index (χ1v) is 9.08. The molecule has 5 nitrogen and oxygen atoms in total. The van der Waals surface area contributed by atoms with Crippen molar-refractivity contribution < 1.29 is 4.74 Å². The van der Waals surface area contributed by atoms with E-state index in [0.717, 1.165) is 37.4 Å². The Bertz CT molecular complexity index is 501. The second-order valence-corrected chi connectivity index (χ2v) is 6.39. The van der Waals surface area contributed by atoms with E-state index in [4.69, 9.17) is 4.74 Å². The Morgan fingerprint density at radius 1 is 1.20 bits per heavy atom. The molecule has 142 valence electrons. The molecule has 0 unspecified atom stereocenters. The molecule has 0 heterocycles. The summed E-state index contributed by atoms with van der Waals surface area (Å²) in [7, 11) is 3.92. The molecule has 0 aromatic heterocycles. The zero-order valence-electron chi connectivity index (χ0n) is 15.8. The van der Waals surface area contributed by atoms with Crippen LogP contribution in [0.3, 0.4) is 0 Å². The van der Waals surface area contributed by atoms with Gasteiger partial charge in [0.2, 0.25) is 0 Å². The minimum Gasteiger partial charge on any atom is -0.497 e. The normalized spacial score (nSPS) is 15.1. The number of halogens is 1. The van der Waals surface area contributed by atoms with E-state index >= 15 is 0 Å².